The van der Waals surface area contributed by atoms with Crippen LogP contribution in [0.15, 0.2) is 36.5 Å². The van der Waals surface area contributed by atoms with Gasteiger partial charge >= 0.3 is 0 Å². The zero-order valence-corrected chi connectivity index (χ0v) is 9.25. The number of aldehydes is 1. The molecular formula is C12H11N3O2. The standard InChI is InChI=1S/C12H11N3O2/c1-15-7-6-11(14-15)12(17)13-10-4-2-9(8-16)3-5-10/h2-8H,1H3,(H,13,17). The van der Waals surface area contributed by atoms with Crippen LogP contribution in [-0.2, 0) is 7.05 Å². The van der Waals surface area contributed by atoms with Gasteiger partial charge in [0.05, 0.1) is 0 Å². The largest absolute Gasteiger partial charge is 0.321 e. The molecule has 0 aliphatic carbocycles. The Kier molecular flexibility index (Phi) is 3.00. The Balaban J connectivity index is 2.10. The van der Waals surface area contributed by atoms with Gasteiger partial charge in [-0.15, -0.1) is 0 Å². The van der Waals surface area contributed by atoms with Gasteiger partial charge in [0.1, 0.15) is 6.29 Å². The minimum Gasteiger partial charge on any atom is -0.321 e. The minimum atomic E-state index is -0.274. The van der Waals surface area contributed by atoms with E-state index < -0.39 is 0 Å². The van der Waals surface area contributed by atoms with Gasteiger partial charge in [-0.2, -0.15) is 5.10 Å². The normalized spacial score (nSPS) is 9.94. The molecule has 17 heavy (non-hydrogen) atoms. The lowest BCUT2D eigenvalue weighted by molar-refractivity contribution is 0.102. The minimum absolute atomic E-state index is 0.274. The average molecular weight is 229 g/mol. The maximum absolute atomic E-state index is 11.7. The van der Waals surface area contributed by atoms with E-state index in [1.165, 1.54) is 0 Å². The quantitative estimate of drug-likeness (QED) is 0.811. The molecule has 2 rings (SSSR count). The second kappa shape index (κ2) is 4.61. The molecule has 1 heterocycles. The summed E-state index contributed by atoms with van der Waals surface area (Å²) in [4.78, 5) is 22.2. The van der Waals surface area contributed by atoms with Crippen LogP contribution < -0.4 is 5.32 Å². The molecule has 0 aliphatic rings. The van der Waals surface area contributed by atoms with Crippen LogP contribution >= 0.6 is 0 Å². The highest BCUT2D eigenvalue weighted by Crippen LogP contribution is 2.09. The number of aryl methyl sites for hydroxylation is 1. The summed E-state index contributed by atoms with van der Waals surface area (Å²) in [5.74, 6) is -0.274. The third-order valence-corrected chi connectivity index (χ3v) is 2.25. The highest BCUT2D eigenvalue weighted by molar-refractivity contribution is 6.02. The first kappa shape index (κ1) is 11.1. The number of rotatable bonds is 3. The average Bonchev–Trinajstić information content (AvgIpc) is 2.77. The van der Waals surface area contributed by atoms with Crippen molar-refractivity contribution < 1.29 is 9.59 Å². The van der Waals surface area contributed by atoms with Crippen molar-refractivity contribution in [2.24, 2.45) is 7.05 Å². The molecule has 1 aromatic heterocycles. The second-order valence-corrected chi connectivity index (χ2v) is 3.57. The van der Waals surface area contributed by atoms with E-state index >= 15 is 0 Å². The number of hydrogen-bond acceptors (Lipinski definition) is 3. The third kappa shape index (κ3) is 2.57. The molecule has 1 aromatic carbocycles. The Bertz CT molecular complexity index is 543. The van der Waals surface area contributed by atoms with E-state index in [4.69, 9.17) is 0 Å². The smallest absolute Gasteiger partial charge is 0.276 e. The van der Waals surface area contributed by atoms with Crippen LogP contribution in [0.3, 0.4) is 0 Å². The summed E-state index contributed by atoms with van der Waals surface area (Å²) in [7, 11) is 1.75. The molecular weight excluding hydrogens is 218 g/mol. The van der Waals surface area contributed by atoms with E-state index in [0.29, 0.717) is 16.9 Å². The van der Waals surface area contributed by atoms with E-state index in [-0.39, 0.29) is 5.91 Å². The van der Waals surface area contributed by atoms with Gasteiger partial charge < -0.3 is 5.32 Å². The van der Waals surface area contributed by atoms with Crippen LogP contribution in [0.5, 0.6) is 0 Å². The fourth-order valence-corrected chi connectivity index (χ4v) is 1.38. The lowest BCUT2D eigenvalue weighted by atomic mass is 10.2. The van der Waals surface area contributed by atoms with Crippen molar-refractivity contribution >= 4 is 17.9 Å². The van der Waals surface area contributed by atoms with Crippen molar-refractivity contribution in [1.29, 1.82) is 0 Å². The predicted molar refractivity (Wildman–Crippen MR) is 63.0 cm³/mol. The number of benzene rings is 1. The van der Waals surface area contributed by atoms with Gasteiger partial charge in [-0.3, -0.25) is 14.3 Å². The maximum atomic E-state index is 11.7. The van der Waals surface area contributed by atoms with Crippen molar-refractivity contribution in [3.05, 3.63) is 47.8 Å². The third-order valence-electron chi connectivity index (χ3n) is 2.25. The molecule has 0 atom stereocenters. The highest BCUT2D eigenvalue weighted by Gasteiger charge is 2.08. The summed E-state index contributed by atoms with van der Waals surface area (Å²) < 4.78 is 1.56. The van der Waals surface area contributed by atoms with Crippen molar-refractivity contribution in [1.82, 2.24) is 9.78 Å². The molecule has 0 saturated carbocycles. The van der Waals surface area contributed by atoms with E-state index in [0.717, 1.165) is 6.29 Å². The fourth-order valence-electron chi connectivity index (χ4n) is 1.38. The molecule has 86 valence electrons. The van der Waals surface area contributed by atoms with Gasteiger partial charge in [-0.25, -0.2) is 0 Å². The van der Waals surface area contributed by atoms with Gasteiger partial charge in [-0.05, 0) is 30.3 Å². The Morgan fingerprint density at radius 1 is 1.29 bits per heavy atom. The molecule has 1 amide bonds. The van der Waals surface area contributed by atoms with E-state index in [1.807, 2.05) is 0 Å². The summed E-state index contributed by atoms with van der Waals surface area (Å²) in [5, 5.41) is 6.68. The molecule has 5 nitrogen and oxygen atoms in total. The van der Waals surface area contributed by atoms with Gasteiger partial charge in [-0.1, -0.05) is 0 Å². The number of nitrogens with zero attached hydrogens (tertiary/aromatic N) is 2. The Morgan fingerprint density at radius 2 is 2.00 bits per heavy atom. The second-order valence-electron chi connectivity index (χ2n) is 3.57. The highest BCUT2D eigenvalue weighted by atomic mass is 16.2. The SMILES string of the molecule is Cn1ccc(C(=O)Nc2ccc(C=O)cc2)n1. The molecule has 0 saturated heterocycles. The molecule has 0 fully saturated rings. The van der Waals surface area contributed by atoms with Crippen LogP contribution in [0.2, 0.25) is 0 Å². The van der Waals surface area contributed by atoms with Gasteiger partial charge in [0, 0.05) is 24.5 Å². The molecule has 0 unspecified atom stereocenters. The number of hydrogen-bond donors (Lipinski definition) is 1. The van der Waals surface area contributed by atoms with Crippen LogP contribution in [0, 0.1) is 0 Å². The first-order chi connectivity index (χ1) is 8.19. The molecule has 0 spiro atoms. The monoisotopic (exact) mass is 229 g/mol. The zero-order valence-electron chi connectivity index (χ0n) is 9.25. The summed E-state index contributed by atoms with van der Waals surface area (Å²) in [6.07, 6.45) is 2.45. The lowest BCUT2D eigenvalue weighted by Gasteiger charge is -2.02. The van der Waals surface area contributed by atoms with Crippen LogP contribution in [0.4, 0.5) is 5.69 Å². The number of carbonyl (C=O) groups is 2. The summed E-state index contributed by atoms with van der Waals surface area (Å²) in [5.41, 5.74) is 1.55. The van der Waals surface area contributed by atoms with Crippen molar-refractivity contribution in [2.75, 3.05) is 5.32 Å². The van der Waals surface area contributed by atoms with E-state index in [9.17, 15) is 9.59 Å². The zero-order chi connectivity index (χ0) is 12.3. The molecule has 0 aliphatic heterocycles. The Hall–Kier alpha value is -2.43. The topological polar surface area (TPSA) is 64.0 Å². The number of aromatic nitrogens is 2. The van der Waals surface area contributed by atoms with Crippen LogP contribution in [-0.4, -0.2) is 22.0 Å². The number of nitrogens with one attached hydrogen (secondary N) is 1. The van der Waals surface area contributed by atoms with E-state index in [1.54, 1.807) is 48.3 Å². The number of carbonyl (C=O) groups excluding carboxylic acids is 2. The molecule has 1 N–H and O–H groups in total. The maximum Gasteiger partial charge on any atom is 0.276 e. The van der Waals surface area contributed by atoms with Crippen molar-refractivity contribution in [3.8, 4) is 0 Å². The summed E-state index contributed by atoms with van der Waals surface area (Å²) in [6.45, 7) is 0. The first-order valence-corrected chi connectivity index (χ1v) is 5.05. The van der Waals surface area contributed by atoms with E-state index in [2.05, 4.69) is 10.4 Å². The fraction of sp³-hybridized carbons (Fsp3) is 0.0833. The van der Waals surface area contributed by atoms with Crippen LogP contribution in [0.1, 0.15) is 20.8 Å². The van der Waals surface area contributed by atoms with Gasteiger partial charge in [0.25, 0.3) is 5.91 Å². The lowest BCUT2D eigenvalue weighted by Crippen LogP contribution is -2.12. The molecule has 2 aromatic rings. The van der Waals surface area contributed by atoms with Crippen LogP contribution in [0.25, 0.3) is 0 Å². The Labute approximate surface area is 98.1 Å². The van der Waals surface area contributed by atoms with Crippen molar-refractivity contribution in [3.63, 3.8) is 0 Å². The first-order valence-electron chi connectivity index (χ1n) is 5.05. The Morgan fingerprint density at radius 3 is 2.53 bits per heavy atom. The van der Waals surface area contributed by atoms with Crippen molar-refractivity contribution in [2.45, 2.75) is 0 Å². The summed E-state index contributed by atoms with van der Waals surface area (Å²) >= 11 is 0. The molecule has 0 bridgehead atoms. The number of anilines is 1. The van der Waals surface area contributed by atoms with Gasteiger partial charge in [0.2, 0.25) is 0 Å². The predicted octanol–water partition coefficient (Wildman–Crippen LogP) is 1.48. The number of amides is 1. The van der Waals surface area contributed by atoms with Gasteiger partial charge in [0.15, 0.2) is 5.69 Å². The summed E-state index contributed by atoms with van der Waals surface area (Å²) in [6, 6.07) is 8.26. The molecule has 5 heteroatoms. The molecule has 0 radical (unpaired) electrons.